The Balaban J connectivity index is 1.83. The Morgan fingerprint density at radius 3 is 2.24 bits per heavy atom. The molecule has 0 bridgehead atoms. The van der Waals surface area contributed by atoms with Gasteiger partial charge < -0.3 is 10.2 Å². The Morgan fingerprint density at radius 2 is 1.57 bits per heavy atom. The number of anilines is 1. The van der Waals surface area contributed by atoms with Crippen molar-refractivity contribution in [2.75, 3.05) is 17.4 Å². The molecule has 2 amide bonds. The van der Waals surface area contributed by atoms with Crippen molar-refractivity contribution < 1.29 is 22.4 Å². The second-order valence-corrected chi connectivity index (χ2v) is 13.5. The van der Waals surface area contributed by atoms with Crippen LogP contribution in [0.1, 0.15) is 36.5 Å². The molecule has 1 atom stereocenters. The van der Waals surface area contributed by atoms with E-state index in [-0.39, 0.29) is 39.2 Å². The number of hydrogen-bond donors (Lipinski definition) is 1. The number of carbonyl (C=O) groups excluding carboxylic acids is 2. The lowest BCUT2D eigenvalue weighted by Gasteiger charge is -2.34. The van der Waals surface area contributed by atoms with Gasteiger partial charge in [-0.15, -0.1) is 0 Å². The summed E-state index contributed by atoms with van der Waals surface area (Å²) in [4.78, 5) is 29.4. The molecule has 0 heterocycles. The van der Waals surface area contributed by atoms with Gasteiger partial charge in [0.1, 0.15) is 18.4 Å². The lowest BCUT2D eigenvalue weighted by atomic mass is 10.0. The number of nitrogens with zero attached hydrogens (tertiary/aromatic N) is 2. The summed E-state index contributed by atoms with van der Waals surface area (Å²) in [6, 6.07) is 24.7. The predicted octanol–water partition coefficient (Wildman–Crippen LogP) is 7.19. The quantitative estimate of drug-likeness (QED) is 0.143. The summed E-state index contributed by atoms with van der Waals surface area (Å²) < 4.78 is 44.3. The average molecular weight is 685 g/mol. The van der Waals surface area contributed by atoms with E-state index in [2.05, 4.69) is 5.32 Å². The van der Waals surface area contributed by atoms with Crippen LogP contribution in [0.5, 0.6) is 0 Å². The minimum atomic E-state index is -4.37. The molecule has 0 fully saturated rings. The summed E-state index contributed by atoms with van der Waals surface area (Å²) in [5, 5.41) is 2.94. The molecular weight excluding hydrogens is 648 g/mol. The van der Waals surface area contributed by atoms with E-state index in [1.165, 1.54) is 53.4 Å². The van der Waals surface area contributed by atoms with E-state index >= 15 is 4.39 Å². The summed E-state index contributed by atoms with van der Waals surface area (Å²) in [6.07, 6.45) is 1.68. The zero-order valence-electron chi connectivity index (χ0n) is 25.6. The second-order valence-electron chi connectivity index (χ2n) is 10.9. The van der Waals surface area contributed by atoms with Crippen LogP contribution in [0.2, 0.25) is 10.0 Å². The molecule has 0 saturated heterocycles. The maximum atomic E-state index is 15.0. The SMILES string of the molecule is CCCCNC(=O)[C@@H](Cc1ccccc1)N(Cc1ccccc1F)C(=O)CN(c1cccc(Cl)c1Cl)S(=O)(=O)c1ccc(C)cc1. The van der Waals surface area contributed by atoms with E-state index in [4.69, 9.17) is 23.2 Å². The molecule has 1 N–H and O–H groups in total. The van der Waals surface area contributed by atoms with E-state index in [1.807, 2.05) is 44.2 Å². The van der Waals surface area contributed by atoms with E-state index in [0.29, 0.717) is 6.54 Å². The third-order valence-electron chi connectivity index (χ3n) is 7.49. The largest absolute Gasteiger partial charge is 0.354 e. The molecule has 7 nitrogen and oxygen atoms in total. The fourth-order valence-corrected chi connectivity index (χ4v) is 6.78. The normalized spacial score (nSPS) is 11.9. The van der Waals surface area contributed by atoms with Crippen LogP contribution in [-0.2, 0) is 32.6 Å². The van der Waals surface area contributed by atoms with E-state index in [9.17, 15) is 18.0 Å². The van der Waals surface area contributed by atoms with Crippen LogP contribution in [0.4, 0.5) is 10.1 Å². The number of sulfonamides is 1. The number of amides is 2. The second kappa shape index (κ2) is 16.1. The molecule has 0 aliphatic rings. The first-order valence-electron chi connectivity index (χ1n) is 14.9. The molecule has 0 aliphatic heterocycles. The molecule has 4 aromatic carbocycles. The van der Waals surface area contributed by atoms with Crippen LogP contribution < -0.4 is 9.62 Å². The van der Waals surface area contributed by atoms with Crippen LogP contribution in [0, 0.1) is 12.7 Å². The van der Waals surface area contributed by atoms with Gasteiger partial charge in [0.25, 0.3) is 10.0 Å². The molecule has 11 heteroatoms. The first-order chi connectivity index (χ1) is 22.0. The predicted molar refractivity (Wildman–Crippen MR) is 181 cm³/mol. The minimum absolute atomic E-state index is 0.0130. The molecule has 4 rings (SSSR count). The number of benzene rings is 4. The number of aryl methyl sites for hydroxylation is 1. The molecule has 242 valence electrons. The Labute approximate surface area is 280 Å². The first-order valence-corrected chi connectivity index (χ1v) is 17.1. The third kappa shape index (κ3) is 8.66. The number of carbonyl (C=O) groups is 2. The Hall–Kier alpha value is -3.92. The highest BCUT2D eigenvalue weighted by molar-refractivity contribution is 7.92. The highest BCUT2D eigenvalue weighted by atomic mass is 35.5. The van der Waals surface area contributed by atoms with Crippen molar-refractivity contribution in [1.29, 1.82) is 0 Å². The van der Waals surface area contributed by atoms with Crippen LogP contribution >= 0.6 is 23.2 Å². The Morgan fingerprint density at radius 1 is 0.891 bits per heavy atom. The summed E-state index contributed by atoms with van der Waals surface area (Å²) >= 11 is 12.8. The summed E-state index contributed by atoms with van der Waals surface area (Å²) in [5.41, 5.74) is 1.77. The van der Waals surface area contributed by atoms with Crippen molar-refractivity contribution in [3.8, 4) is 0 Å². The van der Waals surface area contributed by atoms with E-state index in [0.717, 1.165) is 28.3 Å². The first kappa shape index (κ1) is 34.9. The van der Waals surface area contributed by atoms with Gasteiger partial charge in [-0.2, -0.15) is 0 Å². The minimum Gasteiger partial charge on any atom is -0.354 e. The summed E-state index contributed by atoms with van der Waals surface area (Å²) in [7, 11) is -4.37. The number of halogens is 3. The average Bonchev–Trinajstić information content (AvgIpc) is 3.04. The van der Waals surface area contributed by atoms with Gasteiger partial charge in [0.2, 0.25) is 11.8 Å². The van der Waals surface area contributed by atoms with Crippen molar-refractivity contribution in [2.45, 2.75) is 50.6 Å². The highest BCUT2D eigenvalue weighted by Gasteiger charge is 2.35. The molecule has 0 radical (unpaired) electrons. The van der Waals surface area contributed by atoms with Gasteiger partial charge in [0.15, 0.2) is 0 Å². The topological polar surface area (TPSA) is 86.8 Å². The molecule has 46 heavy (non-hydrogen) atoms. The maximum Gasteiger partial charge on any atom is 0.264 e. The van der Waals surface area contributed by atoms with Gasteiger partial charge in [0, 0.05) is 25.1 Å². The number of unbranched alkanes of at least 4 members (excludes halogenated alkanes) is 1. The third-order valence-corrected chi connectivity index (χ3v) is 10.1. The van der Waals surface area contributed by atoms with Crippen LogP contribution in [0.3, 0.4) is 0 Å². The summed E-state index contributed by atoms with van der Waals surface area (Å²) in [5.74, 6) is -1.73. The van der Waals surface area contributed by atoms with Crippen LogP contribution in [-0.4, -0.2) is 44.3 Å². The molecule has 0 aliphatic carbocycles. The lowest BCUT2D eigenvalue weighted by molar-refractivity contribution is -0.140. The van der Waals surface area contributed by atoms with Crippen molar-refractivity contribution in [3.05, 3.63) is 130 Å². The van der Waals surface area contributed by atoms with Gasteiger partial charge >= 0.3 is 0 Å². The lowest BCUT2D eigenvalue weighted by Crippen LogP contribution is -2.53. The van der Waals surface area contributed by atoms with E-state index in [1.54, 1.807) is 18.2 Å². The molecular formula is C35H36Cl2FN3O4S. The zero-order chi connectivity index (χ0) is 33.3. The summed E-state index contributed by atoms with van der Waals surface area (Å²) in [6.45, 7) is 3.18. The van der Waals surface area contributed by atoms with Gasteiger partial charge in [0.05, 0.1) is 20.6 Å². The van der Waals surface area contributed by atoms with Crippen molar-refractivity contribution in [2.24, 2.45) is 0 Å². The fourth-order valence-electron chi connectivity index (χ4n) is 4.91. The number of nitrogens with one attached hydrogen (secondary N) is 1. The number of hydrogen-bond acceptors (Lipinski definition) is 4. The van der Waals surface area contributed by atoms with Crippen molar-refractivity contribution in [1.82, 2.24) is 10.2 Å². The zero-order valence-corrected chi connectivity index (χ0v) is 28.0. The van der Waals surface area contributed by atoms with Gasteiger partial charge in [-0.3, -0.25) is 13.9 Å². The Bertz CT molecular complexity index is 1760. The van der Waals surface area contributed by atoms with Gasteiger partial charge in [-0.05, 0) is 49.2 Å². The molecule has 0 spiro atoms. The Kier molecular flexibility index (Phi) is 12.2. The maximum absolute atomic E-state index is 15.0. The van der Waals surface area contributed by atoms with Gasteiger partial charge in [-0.1, -0.05) is 109 Å². The van der Waals surface area contributed by atoms with Crippen molar-refractivity contribution in [3.63, 3.8) is 0 Å². The molecule has 0 aromatic heterocycles. The monoisotopic (exact) mass is 683 g/mol. The highest BCUT2D eigenvalue weighted by Crippen LogP contribution is 2.35. The number of rotatable bonds is 14. The van der Waals surface area contributed by atoms with Crippen molar-refractivity contribution >= 4 is 50.7 Å². The molecule has 0 unspecified atom stereocenters. The standard InChI is InChI=1S/C35H36Cl2FN3O4S/c1-3-4-21-39-35(43)32(22-26-11-6-5-7-12-26)40(23-27-13-8-9-15-30(27)38)33(42)24-41(31-16-10-14-29(36)34(31)37)46(44,45)28-19-17-25(2)18-20-28/h5-20,32H,3-4,21-24H2,1-2H3,(H,39,43)/t32-/m1/s1. The smallest absolute Gasteiger partial charge is 0.264 e. The fraction of sp³-hybridized carbons (Fsp3) is 0.257. The van der Waals surface area contributed by atoms with Crippen LogP contribution in [0.15, 0.2) is 102 Å². The van der Waals surface area contributed by atoms with Gasteiger partial charge in [-0.25, -0.2) is 12.8 Å². The van der Waals surface area contributed by atoms with E-state index < -0.39 is 40.2 Å². The molecule has 0 saturated carbocycles. The van der Waals surface area contributed by atoms with Crippen LogP contribution in [0.25, 0.3) is 0 Å². The molecule has 4 aromatic rings.